The molecule has 23 heavy (non-hydrogen) atoms. The highest BCUT2D eigenvalue weighted by molar-refractivity contribution is 9.10. The summed E-state index contributed by atoms with van der Waals surface area (Å²) in [6, 6.07) is 0. The first-order chi connectivity index (χ1) is 11.2. The number of nitrogens with one attached hydrogen (secondary N) is 2. The minimum atomic E-state index is 0.132. The molecule has 1 aliphatic carbocycles. The van der Waals surface area contributed by atoms with Crippen molar-refractivity contribution in [3.8, 4) is 0 Å². The SMILES string of the molecule is O=C(Nc1c[nH]c2ncc(Br)c(N3CCCCCC3)c12)C1CC1. The van der Waals surface area contributed by atoms with E-state index in [1.165, 1.54) is 25.7 Å². The number of rotatable bonds is 3. The van der Waals surface area contributed by atoms with Crippen LogP contribution in [0.15, 0.2) is 16.9 Å². The molecule has 0 unspecified atom stereocenters. The van der Waals surface area contributed by atoms with Gasteiger partial charge < -0.3 is 15.2 Å². The molecule has 2 aliphatic rings. The molecule has 5 nitrogen and oxygen atoms in total. The zero-order valence-corrected chi connectivity index (χ0v) is 14.7. The second kappa shape index (κ2) is 6.15. The van der Waals surface area contributed by atoms with E-state index >= 15 is 0 Å². The van der Waals surface area contributed by atoms with Crippen molar-refractivity contribution in [2.75, 3.05) is 23.3 Å². The predicted molar refractivity (Wildman–Crippen MR) is 95.8 cm³/mol. The van der Waals surface area contributed by atoms with Crippen molar-refractivity contribution in [1.82, 2.24) is 9.97 Å². The second-order valence-electron chi connectivity index (χ2n) is 6.55. The Morgan fingerprint density at radius 3 is 2.70 bits per heavy atom. The molecule has 2 aromatic heterocycles. The molecular weight excluding hydrogens is 356 g/mol. The van der Waals surface area contributed by atoms with Crippen LogP contribution in [-0.2, 0) is 4.79 Å². The minimum absolute atomic E-state index is 0.132. The molecule has 6 heteroatoms. The number of hydrogen-bond donors (Lipinski definition) is 2. The highest BCUT2D eigenvalue weighted by Gasteiger charge is 2.30. The Morgan fingerprint density at radius 1 is 1.26 bits per heavy atom. The summed E-state index contributed by atoms with van der Waals surface area (Å²) in [5.41, 5.74) is 2.84. The summed E-state index contributed by atoms with van der Waals surface area (Å²) < 4.78 is 0.994. The van der Waals surface area contributed by atoms with Crippen molar-refractivity contribution < 1.29 is 4.79 Å². The van der Waals surface area contributed by atoms with Gasteiger partial charge in [0.2, 0.25) is 5.91 Å². The fraction of sp³-hybridized carbons (Fsp3) is 0.529. The Balaban J connectivity index is 1.75. The Hall–Kier alpha value is -1.56. The van der Waals surface area contributed by atoms with E-state index in [0.29, 0.717) is 0 Å². The topological polar surface area (TPSA) is 61.0 Å². The lowest BCUT2D eigenvalue weighted by Gasteiger charge is -2.25. The van der Waals surface area contributed by atoms with Crippen molar-refractivity contribution in [2.45, 2.75) is 38.5 Å². The van der Waals surface area contributed by atoms with Crippen LogP contribution in [0, 0.1) is 5.92 Å². The third-order valence-corrected chi connectivity index (χ3v) is 5.34. The standard InChI is InChI=1S/C17H21BrN4O/c18-12-9-19-16-14(15(12)22-7-3-1-2-4-8-22)13(10-20-16)21-17(23)11-5-6-11/h9-11H,1-8H2,(H,19,20)(H,21,23). The quantitative estimate of drug-likeness (QED) is 0.848. The van der Waals surface area contributed by atoms with Gasteiger partial charge in [-0.1, -0.05) is 12.8 Å². The third kappa shape index (κ3) is 2.96. The fourth-order valence-corrected chi connectivity index (χ4v) is 3.89. The molecule has 1 aliphatic heterocycles. The van der Waals surface area contributed by atoms with Crippen LogP contribution >= 0.6 is 15.9 Å². The smallest absolute Gasteiger partial charge is 0.227 e. The van der Waals surface area contributed by atoms with E-state index in [-0.39, 0.29) is 11.8 Å². The van der Waals surface area contributed by atoms with E-state index in [4.69, 9.17) is 0 Å². The molecule has 4 rings (SSSR count). The van der Waals surface area contributed by atoms with Crippen molar-refractivity contribution in [3.05, 3.63) is 16.9 Å². The fourth-order valence-electron chi connectivity index (χ4n) is 3.34. The number of pyridine rings is 1. The summed E-state index contributed by atoms with van der Waals surface area (Å²) in [6.07, 6.45) is 10.7. The maximum Gasteiger partial charge on any atom is 0.227 e. The number of aromatic nitrogens is 2. The third-order valence-electron chi connectivity index (χ3n) is 4.76. The Bertz CT molecular complexity index is 730. The Morgan fingerprint density at radius 2 is 2.00 bits per heavy atom. The number of amides is 1. The molecule has 0 radical (unpaired) electrons. The summed E-state index contributed by atoms with van der Waals surface area (Å²) in [5, 5.41) is 4.11. The summed E-state index contributed by atoms with van der Waals surface area (Å²) in [7, 11) is 0. The molecule has 0 spiro atoms. The average Bonchev–Trinajstić information content (AvgIpc) is 3.35. The molecule has 1 saturated carbocycles. The van der Waals surface area contributed by atoms with Gasteiger partial charge >= 0.3 is 0 Å². The summed E-state index contributed by atoms with van der Waals surface area (Å²) in [6.45, 7) is 2.11. The number of nitrogens with zero attached hydrogens (tertiary/aromatic N) is 2. The normalized spacial score (nSPS) is 18.9. The lowest BCUT2D eigenvalue weighted by molar-refractivity contribution is -0.117. The van der Waals surface area contributed by atoms with Gasteiger partial charge in [-0.15, -0.1) is 0 Å². The first-order valence-corrected chi connectivity index (χ1v) is 9.25. The molecule has 2 fully saturated rings. The van der Waals surface area contributed by atoms with Gasteiger partial charge in [0.1, 0.15) is 5.65 Å². The van der Waals surface area contributed by atoms with Gasteiger partial charge in [0.05, 0.1) is 21.2 Å². The Kier molecular flexibility index (Phi) is 4.01. The number of anilines is 2. The van der Waals surface area contributed by atoms with Gasteiger partial charge in [-0.3, -0.25) is 4.79 Å². The van der Waals surface area contributed by atoms with Crippen LogP contribution in [-0.4, -0.2) is 29.0 Å². The van der Waals surface area contributed by atoms with Crippen LogP contribution in [0.5, 0.6) is 0 Å². The molecule has 1 amide bonds. The van der Waals surface area contributed by atoms with E-state index in [1.807, 2.05) is 12.4 Å². The van der Waals surface area contributed by atoms with E-state index in [0.717, 1.165) is 52.8 Å². The molecule has 0 atom stereocenters. The van der Waals surface area contributed by atoms with Crippen LogP contribution < -0.4 is 10.2 Å². The molecule has 3 heterocycles. The lowest BCUT2D eigenvalue weighted by atomic mass is 10.2. The summed E-state index contributed by atoms with van der Waals surface area (Å²) in [5.74, 6) is 0.328. The van der Waals surface area contributed by atoms with Gasteiger partial charge in [-0.05, 0) is 41.6 Å². The van der Waals surface area contributed by atoms with E-state index < -0.39 is 0 Å². The molecule has 0 aromatic carbocycles. The predicted octanol–water partition coefficient (Wildman–Crippen LogP) is 4.05. The molecule has 2 N–H and O–H groups in total. The van der Waals surface area contributed by atoms with Crippen LogP contribution in [0.25, 0.3) is 11.0 Å². The Labute approximate surface area is 144 Å². The molecule has 2 aromatic rings. The second-order valence-corrected chi connectivity index (χ2v) is 7.40. The van der Waals surface area contributed by atoms with Crippen molar-refractivity contribution in [3.63, 3.8) is 0 Å². The summed E-state index contributed by atoms with van der Waals surface area (Å²) in [4.78, 5) is 22.3. The van der Waals surface area contributed by atoms with Gasteiger partial charge in [-0.2, -0.15) is 0 Å². The van der Waals surface area contributed by atoms with Gasteiger partial charge in [0.15, 0.2) is 0 Å². The zero-order valence-electron chi connectivity index (χ0n) is 13.1. The van der Waals surface area contributed by atoms with Crippen molar-refractivity contribution in [1.29, 1.82) is 0 Å². The van der Waals surface area contributed by atoms with Crippen LogP contribution in [0.4, 0.5) is 11.4 Å². The largest absolute Gasteiger partial charge is 0.370 e. The first kappa shape index (κ1) is 15.0. The van der Waals surface area contributed by atoms with E-state index in [1.54, 1.807) is 0 Å². The van der Waals surface area contributed by atoms with Crippen molar-refractivity contribution >= 4 is 44.2 Å². The number of halogens is 1. The molecule has 1 saturated heterocycles. The number of H-pyrrole nitrogens is 1. The van der Waals surface area contributed by atoms with Gasteiger partial charge in [-0.25, -0.2) is 4.98 Å². The van der Waals surface area contributed by atoms with Crippen LogP contribution in [0.3, 0.4) is 0 Å². The van der Waals surface area contributed by atoms with E-state index in [2.05, 4.69) is 36.1 Å². The monoisotopic (exact) mass is 376 g/mol. The number of carbonyl (C=O) groups is 1. The van der Waals surface area contributed by atoms with E-state index in [9.17, 15) is 4.79 Å². The van der Waals surface area contributed by atoms with Crippen LogP contribution in [0.1, 0.15) is 38.5 Å². The maximum absolute atomic E-state index is 12.2. The van der Waals surface area contributed by atoms with Crippen molar-refractivity contribution in [2.24, 2.45) is 5.92 Å². The summed E-state index contributed by atoms with van der Waals surface area (Å²) >= 11 is 3.67. The van der Waals surface area contributed by atoms with Crippen LogP contribution in [0.2, 0.25) is 0 Å². The number of aromatic amines is 1. The number of fused-ring (bicyclic) bond motifs is 1. The highest BCUT2D eigenvalue weighted by Crippen LogP contribution is 2.39. The molecular formula is C17H21BrN4O. The maximum atomic E-state index is 12.2. The van der Waals surface area contributed by atoms with Gasteiger partial charge in [0, 0.05) is 31.4 Å². The molecule has 0 bridgehead atoms. The average molecular weight is 377 g/mol. The highest BCUT2D eigenvalue weighted by atomic mass is 79.9. The lowest BCUT2D eigenvalue weighted by Crippen LogP contribution is -2.25. The first-order valence-electron chi connectivity index (χ1n) is 8.45. The van der Waals surface area contributed by atoms with Gasteiger partial charge in [0.25, 0.3) is 0 Å². The zero-order chi connectivity index (χ0) is 15.8. The number of hydrogen-bond acceptors (Lipinski definition) is 3. The number of carbonyl (C=O) groups excluding carboxylic acids is 1. The molecule has 122 valence electrons. The minimum Gasteiger partial charge on any atom is -0.370 e.